The van der Waals surface area contributed by atoms with Crippen LogP contribution in [-0.2, 0) is 30.4 Å². The minimum atomic E-state index is -0.728. The summed E-state index contributed by atoms with van der Waals surface area (Å²) < 4.78 is 23.3. The number of hydrogen-bond donors (Lipinski definition) is 2. The second kappa shape index (κ2) is 6.34. The van der Waals surface area contributed by atoms with E-state index in [4.69, 9.17) is 23.8 Å². The van der Waals surface area contributed by atoms with Crippen LogP contribution in [-0.4, -0.2) is 54.2 Å². The Balaban J connectivity index is 1.38. The molecule has 3 aliphatic rings. The van der Waals surface area contributed by atoms with Crippen molar-refractivity contribution in [1.29, 1.82) is 0 Å². The van der Waals surface area contributed by atoms with Crippen molar-refractivity contribution in [2.45, 2.75) is 63.0 Å². The third-order valence-electron chi connectivity index (χ3n) is 4.56. The molecule has 0 amide bonds. The summed E-state index contributed by atoms with van der Waals surface area (Å²) in [7, 11) is 0. The van der Waals surface area contributed by atoms with Crippen LogP contribution in [0.2, 0.25) is 0 Å². The molecule has 2 N–H and O–H groups in total. The molecule has 24 heavy (non-hydrogen) atoms. The topological polar surface area (TPSA) is 78.4 Å². The Hall–Kier alpha value is -1.06. The maximum Gasteiger partial charge on any atom is 0.190 e. The highest BCUT2D eigenvalue weighted by Gasteiger charge is 2.59. The van der Waals surface area contributed by atoms with Crippen LogP contribution in [0.4, 0.5) is 0 Å². The Bertz CT molecular complexity index is 567. The quantitative estimate of drug-likeness (QED) is 0.784. The molecule has 0 unspecified atom stereocenters. The molecule has 0 bridgehead atoms. The van der Waals surface area contributed by atoms with Crippen LogP contribution in [0.15, 0.2) is 30.3 Å². The zero-order valence-electron chi connectivity index (χ0n) is 13.8. The summed E-state index contributed by atoms with van der Waals surface area (Å²) in [6.45, 7) is 4.29. The molecule has 3 fully saturated rings. The van der Waals surface area contributed by atoms with Crippen molar-refractivity contribution >= 4 is 0 Å². The molecule has 3 aliphatic heterocycles. The maximum absolute atomic E-state index is 10.3. The summed E-state index contributed by atoms with van der Waals surface area (Å²) in [4.78, 5) is 5.57. The number of rotatable bonds is 4. The van der Waals surface area contributed by atoms with Crippen molar-refractivity contribution in [3.63, 3.8) is 0 Å². The average Bonchev–Trinajstić information content (AvgIpc) is 3.02. The SMILES string of the molecule is CC1(C)O[C@H]2O[C@@H]3[C@@H](NOCc4ccccc4)[C@@H](O)CO[C@@H]3[C@H]2O1. The van der Waals surface area contributed by atoms with E-state index in [0.717, 1.165) is 5.56 Å². The van der Waals surface area contributed by atoms with Gasteiger partial charge in [-0.3, -0.25) is 4.84 Å². The first-order valence-corrected chi connectivity index (χ1v) is 8.25. The number of aliphatic hydroxyl groups is 1. The third kappa shape index (κ3) is 3.09. The van der Waals surface area contributed by atoms with Crippen molar-refractivity contribution in [1.82, 2.24) is 5.48 Å². The van der Waals surface area contributed by atoms with Crippen molar-refractivity contribution in [2.24, 2.45) is 0 Å². The van der Waals surface area contributed by atoms with E-state index in [1.54, 1.807) is 0 Å². The fraction of sp³-hybridized carbons (Fsp3) is 0.647. The van der Waals surface area contributed by atoms with Crippen LogP contribution < -0.4 is 5.48 Å². The molecule has 132 valence electrons. The van der Waals surface area contributed by atoms with Gasteiger partial charge >= 0.3 is 0 Å². The van der Waals surface area contributed by atoms with Gasteiger partial charge in [0.05, 0.1) is 25.4 Å². The Morgan fingerprint density at radius 2 is 1.96 bits per heavy atom. The standard InChI is InChI=1S/C17H23NO6/c1-17(2)23-15-14-13(22-16(15)24-17)12(11(19)9-20-14)18-21-8-10-6-4-3-5-7-10/h3-7,11-16,18-19H,8-9H2,1-2H3/t11-,12-,13+,14-,15+,16+/m0/s1. The molecule has 4 rings (SSSR count). The van der Waals surface area contributed by atoms with Gasteiger partial charge in [0.2, 0.25) is 0 Å². The van der Waals surface area contributed by atoms with Crippen molar-refractivity contribution in [3.8, 4) is 0 Å². The number of hydrogen-bond acceptors (Lipinski definition) is 7. The molecule has 3 heterocycles. The van der Waals surface area contributed by atoms with E-state index < -0.39 is 30.3 Å². The third-order valence-corrected chi connectivity index (χ3v) is 4.56. The highest BCUT2D eigenvalue weighted by molar-refractivity contribution is 5.13. The molecule has 1 aromatic rings. The van der Waals surface area contributed by atoms with Crippen molar-refractivity contribution in [3.05, 3.63) is 35.9 Å². The van der Waals surface area contributed by atoms with Gasteiger partial charge in [-0.05, 0) is 19.4 Å². The van der Waals surface area contributed by atoms with Gasteiger partial charge in [-0.25, -0.2) is 0 Å². The fourth-order valence-corrected chi connectivity index (χ4v) is 3.46. The van der Waals surface area contributed by atoms with Crippen molar-refractivity contribution < 1.29 is 28.9 Å². The second-order valence-electron chi connectivity index (χ2n) is 6.85. The largest absolute Gasteiger partial charge is 0.389 e. The molecule has 3 saturated heterocycles. The van der Waals surface area contributed by atoms with E-state index in [9.17, 15) is 5.11 Å². The predicted molar refractivity (Wildman–Crippen MR) is 82.6 cm³/mol. The number of hydroxylamine groups is 1. The summed E-state index contributed by atoms with van der Waals surface area (Å²) in [6, 6.07) is 9.41. The number of aliphatic hydroxyl groups excluding tert-OH is 1. The summed E-state index contributed by atoms with van der Waals surface area (Å²) in [5, 5.41) is 10.3. The van der Waals surface area contributed by atoms with Gasteiger partial charge in [0.25, 0.3) is 0 Å². The molecule has 0 radical (unpaired) electrons. The first-order valence-electron chi connectivity index (χ1n) is 8.25. The van der Waals surface area contributed by atoms with Gasteiger partial charge in [0.15, 0.2) is 12.1 Å². The highest BCUT2D eigenvalue weighted by Crippen LogP contribution is 2.41. The van der Waals surface area contributed by atoms with Crippen LogP contribution in [0.25, 0.3) is 0 Å². The number of ether oxygens (including phenoxy) is 4. The normalized spacial score (nSPS) is 40.3. The molecule has 6 atom stereocenters. The van der Waals surface area contributed by atoms with Crippen LogP contribution in [0, 0.1) is 0 Å². The minimum absolute atomic E-state index is 0.198. The number of benzene rings is 1. The average molecular weight is 337 g/mol. The molecule has 7 heteroatoms. The first-order chi connectivity index (χ1) is 11.5. The number of nitrogens with one attached hydrogen (secondary N) is 1. The fourth-order valence-electron chi connectivity index (χ4n) is 3.46. The van der Waals surface area contributed by atoms with E-state index >= 15 is 0 Å². The number of fused-ring (bicyclic) bond motifs is 3. The van der Waals surface area contributed by atoms with Crippen LogP contribution in [0.1, 0.15) is 19.4 Å². The van der Waals surface area contributed by atoms with Gasteiger partial charge < -0.3 is 24.1 Å². The Morgan fingerprint density at radius 3 is 2.75 bits per heavy atom. The van der Waals surface area contributed by atoms with Gasteiger partial charge in [0.1, 0.15) is 18.3 Å². The van der Waals surface area contributed by atoms with E-state index in [1.165, 1.54) is 0 Å². The smallest absolute Gasteiger partial charge is 0.190 e. The van der Waals surface area contributed by atoms with E-state index in [2.05, 4.69) is 5.48 Å². The van der Waals surface area contributed by atoms with Gasteiger partial charge in [0, 0.05) is 0 Å². The Kier molecular flexibility index (Phi) is 4.34. The zero-order valence-corrected chi connectivity index (χ0v) is 13.8. The zero-order chi connectivity index (χ0) is 16.7. The van der Waals surface area contributed by atoms with E-state index in [1.807, 2.05) is 44.2 Å². The van der Waals surface area contributed by atoms with E-state index in [0.29, 0.717) is 6.61 Å². The monoisotopic (exact) mass is 337 g/mol. The molecule has 1 aromatic carbocycles. The lowest BCUT2D eigenvalue weighted by molar-refractivity contribution is -0.245. The molecule has 0 aromatic heterocycles. The predicted octanol–water partition coefficient (Wildman–Crippen LogP) is 0.712. The molecule has 0 spiro atoms. The molecule has 7 nitrogen and oxygen atoms in total. The van der Waals surface area contributed by atoms with Gasteiger partial charge in [-0.2, -0.15) is 5.48 Å². The lowest BCUT2D eigenvalue weighted by atomic mass is 9.97. The minimum Gasteiger partial charge on any atom is -0.389 e. The van der Waals surface area contributed by atoms with Crippen molar-refractivity contribution in [2.75, 3.05) is 6.61 Å². The molecular weight excluding hydrogens is 314 g/mol. The molecular formula is C17H23NO6. The first kappa shape index (κ1) is 16.4. The maximum atomic E-state index is 10.3. The molecule has 0 saturated carbocycles. The summed E-state index contributed by atoms with van der Waals surface area (Å²) in [6.07, 6.45) is -2.20. The van der Waals surface area contributed by atoms with Gasteiger partial charge in [-0.1, -0.05) is 30.3 Å². The Labute approximate surface area is 140 Å². The lowest BCUT2D eigenvalue weighted by Gasteiger charge is -2.38. The Morgan fingerprint density at radius 1 is 1.17 bits per heavy atom. The summed E-state index contributed by atoms with van der Waals surface area (Å²) >= 11 is 0. The van der Waals surface area contributed by atoms with Crippen LogP contribution in [0.3, 0.4) is 0 Å². The van der Waals surface area contributed by atoms with Crippen LogP contribution in [0.5, 0.6) is 0 Å². The highest BCUT2D eigenvalue weighted by atomic mass is 16.8. The second-order valence-corrected chi connectivity index (χ2v) is 6.85. The lowest BCUT2D eigenvalue weighted by Crippen LogP contribution is -2.59. The van der Waals surface area contributed by atoms with Crippen LogP contribution >= 0.6 is 0 Å². The molecule has 0 aliphatic carbocycles. The van der Waals surface area contributed by atoms with Gasteiger partial charge in [-0.15, -0.1) is 0 Å². The van der Waals surface area contributed by atoms with E-state index in [-0.39, 0.29) is 18.8 Å². The summed E-state index contributed by atoms with van der Waals surface area (Å²) in [5.41, 5.74) is 3.98. The summed E-state index contributed by atoms with van der Waals surface area (Å²) in [5.74, 6) is -0.688.